The number of imidazole rings is 1. The Morgan fingerprint density at radius 3 is 2.24 bits per heavy atom. The van der Waals surface area contributed by atoms with Gasteiger partial charge in [-0.1, -0.05) is 0 Å². The molecule has 0 amide bonds. The molecule has 0 saturated carbocycles. The lowest BCUT2D eigenvalue weighted by Crippen LogP contribution is -2.21. The van der Waals surface area contributed by atoms with Gasteiger partial charge in [0.05, 0.1) is 27.6 Å². The number of H-pyrrole nitrogens is 1. The number of aromatic amines is 1. The number of nitrogens with zero attached hydrogens (tertiary/aromatic N) is 2. The smallest absolute Gasteiger partial charge is 0.338 e. The number of anilines is 4. The zero-order valence-electron chi connectivity index (χ0n) is 21.3. The SMILES string of the molecule is CCN(CC)c1ccc(Nc2nc3ccc(S(=O)(=O)Nc4ccc(C(=O)OC(C)C)cc4)cc3[nH]2)cc1. The van der Waals surface area contributed by atoms with Crippen molar-refractivity contribution in [2.45, 2.75) is 38.7 Å². The van der Waals surface area contributed by atoms with Crippen LogP contribution in [0.4, 0.5) is 23.0 Å². The molecule has 10 heteroatoms. The summed E-state index contributed by atoms with van der Waals surface area (Å²) in [7, 11) is -3.86. The van der Waals surface area contributed by atoms with Crippen LogP contribution in [0, 0.1) is 0 Å². The highest BCUT2D eigenvalue weighted by atomic mass is 32.2. The lowest BCUT2D eigenvalue weighted by Gasteiger charge is -2.21. The standard InChI is InChI=1S/C27H31N5O4S/c1-5-32(6-2)22-13-11-20(12-14-22)28-27-29-24-16-15-23(17-25(24)30-27)37(34,35)31-21-9-7-19(8-10-21)26(33)36-18(3)4/h7-18,31H,5-6H2,1-4H3,(H2,28,29,30). The van der Waals surface area contributed by atoms with E-state index in [0.29, 0.717) is 28.2 Å². The van der Waals surface area contributed by atoms with Gasteiger partial charge in [0.1, 0.15) is 0 Å². The van der Waals surface area contributed by atoms with Crippen LogP contribution in [-0.4, -0.2) is 43.5 Å². The molecule has 3 aromatic carbocycles. The number of benzene rings is 3. The number of ether oxygens (including phenoxy) is 1. The fourth-order valence-electron chi connectivity index (χ4n) is 3.87. The van der Waals surface area contributed by atoms with E-state index in [-0.39, 0.29) is 11.0 Å². The Balaban J connectivity index is 1.47. The van der Waals surface area contributed by atoms with Gasteiger partial charge in [-0.25, -0.2) is 18.2 Å². The molecule has 3 N–H and O–H groups in total. The largest absolute Gasteiger partial charge is 0.459 e. The van der Waals surface area contributed by atoms with Gasteiger partial charge in [0.2, 0.25) is 5.95 Å². The third-order valence-electron chi connectivity index (χ3n) is 5.74. The van der Waals surface area contributed by atoms with Crippen molar-refractivity contribution in [1.29, 1.82) is 0 Å². The van der Waals surface area contributed by atoms with Crippen molar-refractivity contribution in [3.8, 4) is 0 Å². The molecule has 4 rings (SSSR count). The van der Waals surface area contributed by atoms with Crippen LogP contribution in [0.5, 0.6) is 0 Å². The average molecular weight is 522 g/mol. The summed E-state index contributed by atoms with van der Waals surface area (Å²) in [6, 6.07) is 18.8. The van der Waals surface area contributed by atoms with E-state index in [0.717, 1.165) is 24.5 Å². The van der Waals surface area contributed by atoms with Gasteiger partial charge in [-0.05, 0) is 94.4 Å². The third kappa shape index (κ3) is 6.21. The summed E-state index contributed by atoms with van der Waals surface area (Å²) in [5, 5.41) is 3.23. The molecule has 0 radical (unpaired) electrons. The Morgan fingerprint density at radius 2 is 1.62 bits per heavy atom. The summed E-state index contributed by atoms with van der Waals surface area (Å²) in [6.07, 6.45) is -0.239. The molecule has 9 nitrogen and oxygen atoms in total. The lowest BCUT2D eigenvalue weighted by atomic mass is 10.2. The summed E-state index contributed by atoms with van der Waals surface area (Å²) >= 11 is 0. The Labute approximate surface area is 216 Å². The van der Waals surface area contributed by atoms with Gasteiger partial charge < -0.3 is 19.9 Å². The van der Waals surface area contributed by atoms with Crippen LogP contribution >= 0.6 is 0 Å². The van der Waals surface area contributed by atoms with Gasteiger partial charge >= 0.3 is 5.97 Å². The van der Waals surface area contributed by atoms with Gasteiger partial charge in [0.25, 0.3) is 10.0 Å². The molecule has 0 aliphatic rings. The van der Waals surface area contributed by atoms with Crippen LogP contribution in [0.1, 0.15) is 38.1 Å². The number of sulfonamides is 1. The summed E-state index contributed by atoms with van der Waals surface area (Å²) < 4.78 is 33.7. The van der Waals surface area contributed by atoms with Crippen molar-refractivity contribution in [2.24, 2.45) is 0 Å². The maximum absolute atomic E-state index is 13.0. The predicted octanol–water partition coefficient (Wildman–Crippen LogP) is 5.52. The van der Waals surface area contributed by atoms with E-state index >= 15 is 0 Å². The number of aromatic nitrogens is 2. The van der Waals surface area contributed by atoms with Crippen molar-refractivity contribution in [1.82, 2.24) is 9.97 Å². The highest BCUT2D eigenvalue weighted by molar-refractivity contribution is 7.92. The van der Waals surface area contributed by atoms with Crippen LogP contribution < -0.4 is 14.9 Å². The minimum absolute atomic E-state index is 0.0852. The van der Waals surface area contributed by atoms with Gasteiger partial charge in [-0.15, -0.1) is 0 Å². The van der Waals surface area contributed by atoms with E-state index in [2.05, 4.69) is 38.8 Å². The predicted molar refractivity (Wildman–Crippen MR) is 147 cm³/mol. The highest BCUT2D eigenvalue weighted by Gasteiger charge is 2.17. The van der Waals surface area contributed by atoms with Crippen molar-refractivity contribution in [3.05, 3.63) is 72.3 Å². The molecule has 0 fully saturated rings. The second kappa shape index (κ2) is 10.9. The summed E-state index contributed by atoms with van der Waals surface area (Å²) in [6.45, 7) is 9.64. The molecular formula is C27H31N5O4S. The van der Waals surface area contributed by atoms with E-state index < -0.39 is 16.0 Å². The number of carbonyl (C=O) groups excluding carboxylic acids is 1. The van der Waals surface area contributed by atoms with Gasteiger partial charge in [-0.2, -0.15) is 0 Å². The van der Waals surface area contributed by atoms with Gasteiger partial charge in [-0.3, -0.25) is 4.72 Å². The zero-order valence-corrected chi connectivity index (χ0v) is 22.1. The molecule has 0 aliphatic heterocycles. The summed E-state index contributed by atoms with van der Waals surface area (Å²) in [5.74, 6) is 0.0512. The van der Waals surface area contributed by atoms with Crippen molar-refractivity contribution in [3.63, 3.8) is 0 Å². The second-order valence-corrected chi connectivity index (χ2v) is 10.4. The molecule has 1 heterocycles. The molecule has 1 aromatic heterocycles. The quantitative estimate of drug-likeness (QED) is 0.235. The molecule has 0 unspecified atom stereocenters. The van der Waals surface area contributed by atoms with Gasteiger partial charge in [0.15, 0.2) is 0 Å². The number of nitrogens with one attached hydrogen (secondary N) is 3. The number of hydrogen-bond acceptors (Lipinski definition) is 7. The molecule has 0 aliphatic carbocycles. The van der Waals surface area contributed by atoms with Crippen LogP contribution in [0.3, 0.4) is 0 Å². The first-order valence-electron chi connectivity index (χ1n) is 12.1. The molecule has 0 atom stereocenters. The maximum atomic E-state index is 13.0. The molecule has 0 spiro atoms. The molecule has 37 heavy (non-hydrogen) atoms. The third-order valence-corrected chi connectivity index (χ3v) is 7.12. The number of rotatable bonds is 10. The van der Waals surface area contributed by atoms with Crippen molar-refractivity contribution < 1.29 is 17.9 Å². The minimum Gasteiger partial charge on any atom is -0.459 e. The first-order valence-corrected chi connectivity index (χ1v) is 13.6. The number of hydrogen-bond donors (Lipinski definition) is 3. The second-order valence-electron chi connectivity index (χ2n) is 8.75. The van der Waals surface area contributed by atoms with E-state index in [4.69, 9.17) is 4.74 Å². The zero-order chi connectivity index (χ0) is 26.6. The molecular weight excluding hydrogens is 490 g/mol. The van der Waals surface area contributed by atoms with Crippen molar-refractivity contribution >= 4 is 50.0 Å². The van der Waals surface area contributed by atoms with Gasteiger partial charge in [0, 0.05) is 30.2 Å². The van der Waals surface area contributed by atoms with Crippen LogP contribution in [0.2, 0.25) is 0 Å². The van der Waals surface area contributed by atoms with E-state index in [1.165, 1.54) is 36.4 Å². The van der Waals surface area contributed by atoms with E-state index in [1.54, 1.807) is 19.9 Å². The topological polar surface area (TPSA) is 116 Å². The lowest BCUT2D eigenvalue weighted by molar-refractivity contribution is 0.0378. The first-order chi connectivity index (χ1) is 17.7. The minimum atomic E-state index is -3.86. The monoisotopic (exact) mass is 521 g/mol. The normalized spacial score (nSPS) is 11.5. The van der Waals surface area contributed by atoms with E-state index in [1.807, 2.05) is 24.3 Å². The Morgan fingerprint density at radius 1 is 0.973 bits per heavy atom. The summed E-state index contributed by atoms with van der Waals surface area (Å²) in [5.41, 5.74) is 3.91. The summed E-state index contributed by atoms with van der Waals surface area (Å²) in [4.78, 5) is 22.0. The fraction of sp³-hybridized carbons (Fsp3) is 0.259. The Hall–Kier alpha value is -4.05. The number of fused-ring (bicyclic) bond motifs is 1. The maximum Gasteiger partial charge on any atom is 0.338 e. The number of carbonyl (C=O) groups is 1. The average Bonchev–Trinajstić information content (AvgIpc) is 3.27. The fourth-order valence-corrected chi connectivity index (χ4v) is 4.95. The highest BCUT2D eigenvalue weighted by Crippen LogP contribution is 2.24. The van der Waals surface area contributed by atoms with Crippen LogP contribution in [-0.2, 0) is 14.8 Å². The van der Waals surface area contributed by atoms with Crippen LogP contribution in [0.25, 0.3) is 11.0 Å². The molecule has 194 valence electrons. The van der Waals surface area contributed by atoms with Crippen molar-refractivity contribution in [2.75, 3.05) is 28.0 Å². The molecule has 0 saturated heterocycles. The Bertz CT molecular complexity index is 1480. The molecule has 4 aromatic rings. The van der Waals surface area contributed by atoms with Crippen LogP contribution in [0.15, 0.2) is 71.6 Å². The Kier molecular flexibility index (Phi) is 7.68. The first kappa shape index (κ1) is 26.0. The van der Waals surface area contributed by atoms with E-state index in [9.17, 15) is 13.2 Å². The number of esters is 1. The molecule has 0 bridgehead atoms.